The van der Waals surface area contributed by atoms with Crippen LogP contribution in [0.5, 0.6) is 0 Å². The Labute approximate surface area is 107 Å². The Morgan fingerprint density at radius 1 is 1.47 bits per heavy atom. The highest BCUT2D eigenvalue weighted by Gasteiger charge is 2.20. The van der Waals surface area contributed by atoms with Gasteiger partial charge in [0, 0.05) is 30.0 Å². The van der Waals surface area contributed by atoms with Gasteiger partial charge in [-0.05, 0) is 34.5 Å². The third-order valence-corrected chi connectivity index (χ3v) is 3.53. The van der Waals surface area contributed by atoms with Gasteiger partial charge in [-0.15, -0.1) is 0 Å². The maximum atomic E-state index is 11.9. The van der Waals surface area contributed by atoms with E-state index in [1.54, 1.807) is 6.20 Å². The summed E-state index contributed by atoms with van der Waals surface area (Å²) in [7, 11) is 0. The average Bonchev–Trinajstić information content (AvgIpc) is 2.58. The highest BCUT2D eigenvalue weighted by Crippen LogP contribution is 2.19. The van der Waals surface area contributed by atoms with E-state index in [4.69, 9.17) is 0 Å². The molecule has 17 heavy (non-hydrogen) atoms. The minimum Gasteiger partial charge on any atom is -0.341 e. The Balaban J connectivity index is 1.89. The van der Waals surface area contributed by atoms with Gasteiger partial charge in [0.15, 0.2) is 0 Å². The summed E-state index contributed by atoms with van der Waals surface area (Å²) < 4.78 is 2.88. The summed E-state index contributed by atoms with van der Waals surface area (Å²) >= 11 is 3.40. The first-order valence-corrected chi connectivity index (χ1v) is 6.41. The molecule has 3 rings (SSSR count). The van der Waals surface area contributed by atoms with E-state index in [-0.39, 0.29) is 5.91 Å². The molecule has 0 saturated carbocycles. The fourth-order valence-corrected chi connectivity index (χ4v) is 2.31. The molecule has 0 aromatic carbocycles. The van der Waals surface area contributed by atoms with Gasteiger partial charge in [0.2, 0.25) is 5.91 Å². The standard InChI is InChI=1S/C12H12BrN3O/c13-9-6-11-10(14-7-9)2-5-16(11)8-12(17)15-3-1-4-15/h2,5-7H,1,3-4,8H2. The molecule has 1 aliphatic heterocycles. The second kappa shape index (κ2) is 4.14. The Kier molecular flexibility index (Phi) is 2.63. The minimum atomic E-state index is 0.189. The van der Waals surface area contributed by atoms with Crippen molar-refractivity contribution in [1.82, 2.24) is 14.5 Å². The van der Waals surface area contributed by atoms with Crippen LogP contribution in [-0.2, 0) is 11.3 Å². The molecule has 0 radical (unpaired) electrons. The predicted octanol–water partition coefficient (Wildman–Crippen LogP) is 2.03. The largest absolute Gasteiger partial charge is 0.341 e. The van der Waals surface area contributed by atoms with Crippen LogP contribution in [0.3, 0.4) is 0 Å². The van der Waals surface area contributed by atoms with Crippen LogP contribution < -0.4 is 0 Å². The summed E-state index contributed by atoms with van der Waals surface area (Å²) in [6.45, 7) is 2.21. The van der Waals surface area contributed by atoms with Crippen LogP contribution in [0.25, 0.3) is 11.0 Å². The molecule has 1 fully saturated rings. The zero-order valence-corrected chi connectivity index (χ0v) is 10.9. The van der Waals surface area contributed by atoms with Crippen molar-refractivity contribution in [3.05, 3.63) is 29.0 Å². The second-order valence-corrected chi connectivity index (χ2v) is 5.15. The summed E-state index contributed by atoms with van der Waals surface area (Å²) in [4.78, 5) is 18.1. The number of hydrogen-bond donors (Lipinski definition) is 0. The highest BCUT2D eigenvalue weighted by molar-refractivity contribution is 9.10. The predicted molar refractivity (Wildman–Crippen MR) is 68.6 cm³/mol. The van der Waals surface area contributed by atoms with Gasteiger partial charge in [0.25, 0.3) is 0 Å². The number of halogens is 1. The van der Waals surface area contributed by atoms with Gasteiger partial charge in [0.1, 0.15) is 6.54 Å². The molecule has 1 saturated heterocycles. The Hall–Kier alpha value is -1.36. The first-order valence-electron chi connectivity index (χ1n) is 5.62. The van der Waals surface area contributed by atoms with E-state index >= 15 is 0 Å². The van der Waals surface area contributed by atoms with Crippen molar-refractivity contribution in [1.29, 1.82) is 0 Å². The van der Waals surface area contributed by atoms with E-state index < -0.39 is 0 Å². The Morgan fingerprint density at radius 3 is 3.00 bits per heavy atom. The molecule has 0 N–H and O–H groups in total. The molecule has 0 atom stereocenters. The van der Waals surface area contributed by atoms with Crippen molar-refractivity contribution in [3.63, 3.8) is 0 Å². The smallest absolute Gasteiger partial charge is 0.242 e. The maximum absolute atomic E-state index is 11.9. The number of amides is 1. The lowest BCUT2D eigenvalue weighted by atomic mass is 10.2. The van der Waals surface area contributed by atoms with E-state index in [1.807, 2.05) is 27.8 Å². The highest BCUT2D eigenvalue weighted by atomic mass is 79.9. The van der Waals surface area contributed by atoms with Gasteiger partial charge in [0.05, 0.1) is 11.0 Å². The fourth-order valence-electron chi connectivity index (χ4n) is 1.99. The molecule has 2 aromatic rings. The van der Waals surface area contributed by atoms with Crippen LogP contribution in [0.4, 0.5) is 0 Å². The van der Waals surface area contributed by atoms with Crippen molar-refractivity contribution in [3.8, 4) is 0 Å². The normalized spacial score (nSPS) is 15.0. The number of fused-ring (bicyclic) bond motifs is 1. The molecule has 3 heterocycles. The van der Waals surface area contributed by atoms with E-state index in [2.05, 4.69) is 20.9 Å². The van der Waals surface area contributed by atoms with Crippen LogP contribution in [-0.4, -0.2) is 33.4 Å². The maximum Gasteiger partial charge on any atom is 0.242 e. The molecule has 0 aliphatic carbocycles. The van der Waals surface area contributed by atoms with Gasteiger partial charge in [-0.25, -0.2) is 0 Å². The topological polar surface area (TPSA) is 38.1 Å². The summed E-state index contributed by atoms with van der Waals surface area (Å²) in [6.07, 6.45) is 4.82. The lowest BCUT2D eigenvalue weighted by molar-refractivity contribution is -0.135. The molecule has 0 bridgehead atoms. The fraction of sp³-hybridized carbons (Fsp3) is 0.333. The molecule has 1 amide bonds. The molecule has 2 aromatic heterocycles. The van der Waals surface area contributed by atoms with E-state index in [0.717, 1.165) is 35.0 Å². The van der Waals surface area contributed by atoms with Gasteiger partial charge in [-0.2, -0.15) is 0 Å². The van der Waals surface area contributed by atoms with Crippen LogP contribution in [0.2, 0.25) is 0 Å². The third-order valence-electron chi connectivity index (χ3n) is 3.10. The van der Waals surface area contributed by atoms with Crippen molar-refractivity contribution >= 4 is 32.9 Å². The molecule has 1 aliphatic rings. The third kappa shape index (κ3) is 1.95. The lowest BCUT2D eigenvalue weighted by Gasteiger charge is -2.31. The van der Waals surface area contributed by atoms with Crippen LogP contribution in [0.1, 0.15) is 6.42 Å². The Bertz CT molecular complexity index is 574. The molecule has 88 valence electrons. The quantitative estimate of drug-likeness (QED) is 0.850. The van der Waals surface area contributed by atoms with Crippen molar-refractivity contribution in [2.45, 2.75) is 13.0 Å². The summed E-state index contributed by atoms with van der Waals surface area (Å²) in [6, 6.07) is 3.93. The summed E-state index contributed by atoms with van der Waals surface area (Å²) in [5.74, 6) is 0.189. The molecular weight excluding hydrogens is 282 g/mol. The molecule has 0 spiro atoms. The number of pyridine rings is 1. The van der Waals surface area contributed by atoms with E-state index in [1.165, 1.54) is 0 Å². The number of carbonyl (C=O) groups excluding carboxylic acids is 1. The van der Waals surface area contributed by atoms with Crippen molar-refractivity contribution in [2.75, 3.05) is 13.1 Å². The zero-order valence-electron chi connectivity index (χ0n) is 9.27. The van der Waals surface area contributed by atoms with Gasteiger partial charge >= 0.3 is 0 Å². The average molecular weight is 294 g/mol. The van der Waals surface area contributed by atoms with Gasteiger partial charge in [-0.3, -0.25) is 9.78 Å². The SMILES string of the molecule is O=C(Cn1ccc2ncc(Br)cc21)N1CCC1. The minimum absolute atomic E-state index is 0.189. The van der Waals surface area contributed by atoms with Crippen molar-refractivity contribution in [2.24, 2.45) is 0 Å². The monoisotopic (exact) mass is 293 g/mol. The van der Waals surface area contributed by atoms with Gasteiger partial charge in [-0.1, -0.05) is 0 Å². The van der Waals surface area contributed by atoms with E-state index in [9.17, 15) is 4.79 Å². The number of hydrogen-bond acceptors (Lipinski definition) is 2. The van der Waals surface area contributed by atoms with Crippen molar-refractivity contribution < 1.29 is 4.79 Å². The number of nitrogens with zero attached hydrogens (tertiary/aromatic N) is 3. The summed E-state index contributed by atoms with van der Waals surface area (Å²) in [5, 5.41) is 0. The van der Waals surface area contributed by atoms with Gasteiger partial charge < -0.3 is 9.47 Å². The second-order valence-electron chi connectivity index (χ2n) is 4.24. The summed E-state index contributed by atoms with van der Waals surface area (Å²) in [5.41, 5.74) is 1.91. The number of likely N-dealkylation sites (tertiary alicyclic amines) is 1. The molecular formula is C12H12BrN3O. The van der Waals surface area contributed by atoms with Crippen LogP contribution in [0.15, 0.2) is 29.0 Å². The lowest BCUT2D eigenvalue weighted by Crippen LogP contribution is -2.43. The zero-order chi connectivity index (χ0) is 11.8. The number of rotatable bonds is 2. The Morgan fingerprint density at radius 2 is 2.29 bits per heavy atom. The van der Waals surface area contributed by atoms with E-state index in [0.29, 0.717) is 6.54 Å². The van der Waals surface area contributed by atoms with Crippen LogP contribution in [0, 0.1) is 0 Å². The molecule has 0 unspecified atom stereocenters. The number of carbonyl (C=O) groups is 1. The van der Waals surface area contributed by atoms with Crippen LogP contribution >= 0.6 is 15.9 Å². The first kappa shape index (κ1) is 10.8. The number of aromatic nitrogens is 2. The molecule has 5 heteroatoms. The first-order chi connectivity index (χ1) is 8.24. The molecule has 4 nitrogen and oxygen atoms in total.